The topological polar surface area (TPSA) is 0 Å². The van der Waals surface area contributed by atoms with Crippen LogP contribution < -0.4 is 0 Å². The lowest BCUT2D eigenvalue weighted by Gasteiger charge is -1.83. The summed E-state index contributed by atoms with van der Waals surface area (Å²) in [5, 5.41) is 0. The second kappa shape index (κ2) is 1.69. The van der Waals surface area contributed by atoms with E-state index in [4.69, 9.17) is 0 Å². The highest BCUT2D eigenvalue weighted by Gasteiger charge is 2.25. The van der Waals surface area contributed by atoms with Crippen LogP contribution in [0.1, 0.15) is 26.2 Å². The fraction of sp³-hybridized carbons (Fsp3) is 0.714. The first-order valence-electron chi connectivity index (χ1n) is 3.02. The van der Waals surface area contributed by atoms with Crippen molar-refractivity contribution in [3.8, 4) is 0 Å². The van der Waals surface area contributed by atoms with Crippen molar-refractivity contribution >= 4 is 0 Å². The summed E-state index contributed by atoms with van der Waals surface area (Å²) in [5.74, 6) is 0.921. The van der Waals surface area contributed by atoms with Crippen molar-refractivity contribution in [1.29, 1.82) is 0 Å². The molecule has 0 saturated heterocycles. The maximum atomic E-state index is 3.87. The number of hydrogen-bond acceptors (Lipinski definition) is 0. The number of rotatable bonds is 2. The van der Waals surface area contributed by atoms with Gasteiger partial charge in [0.2, 0.25) is 0 Å². The zero-order chi connectivity index (χ0) is 5.28. The van der Waals surface area contributed by atoms with Crippen LogP contribution in [0.3, 0.4) is 0 Å². The van der Waals surface area contributed by atoms with Gasteiger partial charge in [-0.2, -0.15) is 0 Å². The Morgan fingerprint density at radius 2 is 2.43 bits per heavy atom. The van der Waals surface area contributed by atoms with Gasteiger partial charge in [0, 0.05) is 0 Å². The molecule has 0 radical (unpaired) electrons. The van der Waals surface area contributed by atoms with Crippen molar-refractivity contribution < 1.29 is 0 Å². The molecular weight excluding hydrogens is 84.1 g/mol. The maximum absolute atomic E-state index is 3.87. The molecule has 0 amide bonds. The molecule has 0 aliphatic heterocycles. The smallest absolute Gasteiger partial charge is 0.0169 e. The minimum Gasteiger partial charge on any atom is -0.0995 e. The van der Waals surface area contributed by atoms with Crippen LogP contribution in [0, 0.1) is 5.92 Å². The van der Waals surface area contributed by atoms with Crippen LogP contribution in [0.5, 0.6) is 0 Å². The number of allylic oxidation sites excluding steroid dienone is 1. The van der Waals surface area contributed by atoms with Crippen molar-refractivity contribution in [2.24, 2.45) is 5.92 Å². The van der Waals surface area contributed by atoms with Crippen molar-refractivity contribution in [3.05, 3.63) is 12.2 Å². The Bertz CT molecular complexity index is 82.0. The van der Waals surface area contributed by atoms with Gasteiger partial charge < -0.3 is 0 Å². The van der Waals surface area contributed by atoms with Gasteiger partial charge in [0.15, 0.2) is 0 Å². The van der Waals surface area contributed by atoms with E-state index in [9.17, 15) is 0 Å². The Hall–Kier alpha value is -0.260. The average Bonchev–Trinajstić information content (AvgIpc) is 2.22. The summed E-state index contributed by atoms with van der Waals surface area (Å²) in [5.41, 5.74) is 1.47. The van der Waals surface area contributed by atoms with Crippen LogP contribution in [0.15, 0.2) is 12.2 Å². The normalized spacial score (nSPS) is 28.1. The summed E-state index contributed by atoms with van der Waals surface area (Å²) in [4.78, 5) is 0. The van der Waals surface area contributed by atoms with E-state index in [-0.39, 0.29) is 0 Å². The average molecular weight is 96.2 g/mol. The summed E-state index contributed by atoms with van der Waals surface area (Å²) in [6, 6.07) is 0. The Labute approximate surface area is 45.2 Å². The molecule has 0 bridgehead atoms. The Morgan fingerprint density at radius 3 is 2.57 bits per heavy atom. The van der Waals surface area contributed by atoms with E-state index >= 15 is 0 Å². The first-order valence-corrected chi connectivity index (χ1v) is 3.02. The molecule has 40 valence electrons. The lowest BCUT2D eigenvalue weighted by atomic mass is 10.2. The minimum absolute atomic E-state index is 0.921. The molecule has 1 rings (SSSR count). The zero-order valence-corrected chi connectivity index (χ0v) is 4.91. The van der Waals surface area contributed by atoms with Gasteiger partial charge in [-0.15, -0.1) is 0 Å². The highest BCUT2D eigenvalue weighted by molar-refractivity contribution is 5.17. The number of hydrogen-bond donors (Lipinski definition) is 0. The van der Waals surface area contributed by atoms with Crippen LogP contribution in [-0.4, -0.2) is 0 Å². The van der Waals surface area contributed by atoms with Crippen molar-refractivity contribution in [1.82, 2.24) is 0 Å². The van der Waals surface area contributed by atoms with E-state index < -0.39 is 0 Å². The summed E-state index contributed by atoms with van der Waals surface area (Å²) in [6.45, 7) is 6.09. The van der Waals surface area contributed by atoms with E-state index in [1.165, 1.54) is 24.8 Å². The molecule has 0 heteroatoms. The molecule has 0 nitrogen and oxygen atoms in total. The first kappa shape index (κ1) is 4.89. The largest absolute Gasteiger partial charge is 0.0995 e. The van der Waals surface area contributed by atoms with E-state index in [1.807, 2.05) is 0 Å². The fourth-order valence-corrected chi connectivity index (χ4v) is 0.912. The summed E-state index contributed by atoms with van der Waals surface area (Å²) < 4.78 is 0. The Morgan fingerprint density at radius 1 is 1.86 bits per heavy atom. The van der Waals surface area contributed by atoms with Gasteiger partial charge in [0.05, 0.1) is 0 Å². The lowest BCUT2D eigenvalue weighted by Crippen LogP contribution is -1.69. The van der Waals surface area contributed by atoms with Gasteiger partial charge in [-0.1, -0.05) is 25.5 Å². The summed E-state index contributed by atoms with van der Waals surface area (Å²) in [6.07, 6.45) is 4.01. The molecule has 0 aromatic rings. The van der Waals surface area contributed by atoms with Crippen LogP contribution >= 0.6 is 0 Å². The predicted molar refractivity (Wildman–Crippen MR) is 32.2 cm³/mol. The molecule has 1 aliphatic rings. The first-order chi connectivity index (χ1) is 3.34. The molecule has 1 saturated carbocycles. The Kier molecular flexibility index (Phi) is 1.18. The third-order valence-corrected chi connectivity index (χ3v) is 1.56. The van der Waals surface area contributed by atoms with Crippen molar-refractivity contribution in [2.75, 3.05) is 0 Å². The third-order valence-electron chi connectivity index (χ3n) is 1.56. The molecule has 1 fully saturated rings. The minimum atomic E-state index is 0.921. The SMILES string of the molecule is C=C1CC1CCC. The molecule has 1 unspecified atom stereocenters. The molecule has 1 aliphatic carbocycles. The van der Waals surface area contributed by atoms with Crippen molar-refractivity contribution in [2.45, 2.75) is 26.2 Å². The van der Waals surface area contributed by atoms with Crippen LogP contribution in [0.25, 0.3) is 0 Å². The molecule has 0 N–H and O–H groups in total. The molecular formula is C7H12. The quantitative estimate of drug-likeness (QED) is 0.463. The summed E-state index contributed by atoms with van der Waals surface area (Å²) in [7, 11) is 0. The highest BCUT2D eigenvalue weighted by Crippen LogP contribution is 2.39. The van der Waals surface area contributed by atoms with Gasteiger partial charge in [0.25, 0.3) is 0 Å². The molecule has 0 spiro atoms. The van der Waals surface area contributed by atoms with Crippen LogP contribution in [0.2, 0.25) is 0 Å². The molecule has 7 heavy (non-hydrogen) atoms. The van der Waals surface area contributed by atoms with E-state index in [0.717, 1.165) is 5.92 Å². The third kappa shape index (κ3) is 1.05. The van der Waals surface area contributed by atoms with Gasteiger partial charge in [-0.25, -0.2) is 0 Å². The monoisotopic (exact) mass is 96.1 g/mol. The standard InChI is InChI=1S/C7H12/c1-3-4-7-5-6(7)2/h7H,2-5H2,1H3. The second-order valence-corrected chi connectivity index (χ2v) is 2.35. The second-order valence-electron chi connectivity index (χ2n) is 2.35. The van der Waals surface area contributed by atoms with E-state index in [0.29, 0.717) is 0 Å². The molecule has 0 aromatic carbocycles. The highest BCUT2D eigenvalue weighted by atomic mass is 14.3. The van der Waals surface area contributed by atoms with E-state index in [1.54, 1.807) is 0 Å². The van der Waals surface area contributed by atoms with Crippen LogP contribution in [-0.2, 0) is 0 Å². The summed E-state index contributed by atoms with van der Waals surface area (Å²) >= 11 is 0. The molecule has 0 heterocycles. The van der Waals surface area contributed by atoms with Crippen LogP contribution in [0.4, 0.5) is 0 Å². The Balaban J connectivity index is 2.09. The van der Waals surface area contributed by atoms with Gasteiger partial charge >= 0.3 is 0 Å². The van der Waals surface area contributed by atoms with Gasteiger partial charge in [-0.3, -0.25) is 0 Å². The van der Waals surface area contributed by atoms with E-state index in [2.05, 4.69) is 13.5 Å². The van der Waals surface area contributed by atoms with Gasteiger partial charge in [-0.05, 0) is 18.8 Å². The fourth-order valence-electron chi connectivity index (χ4n) is 0.912. The molecule has 1 atom stereocenters. The lowest BCUT2D eigenvalue weighted by molar-refractivity contribution is 0.727. The van der Waals surface area contributed by atoms with Crippen molar-refractivity contribution in [3.63, 3.8) is 0 Å². The molecule has 0 aromatic heterocycles. The van der Waals surface area contributed by atoms with Gasteiger partial charge in [0.1, 0.15) is 0 Å². The maximum Gasteiger partial charge on any atom is -0.0169 e. The zero-order valence-electron chi connectivity index (χ0n) is 4.91. The predicted octanol–water partition coefficient (Wildman–Crippen LogP) is 2.36.